The molecule has 1 fully saturated rings. The highest BCUT2D eigenvalue weighted by molar-refractivity contribution is 7.87. The van der Waals surface area contributed by atoms with Crippen molar-refractivity contribution in [2.24, 2.45) is 5.92 Å². The van der Waals surface area contributed by atoms with Crippen LogP contribution in [0, 0.1) is 5.92 Å². The Morgan fingerprint density at radius 3 is 2.65 bits per heavy atom. The Kier molecular flexibility index (Phi) is 5.15. The molecular weight excluding hydrogens is 332 g/mol. The first kappa shape index (κ1) is 16.6. The van der Waals surface area contributed by atoms with Crippen LogP contribution in [0.25, 0.3) is 10.2 Å². The molecule has 3 N–H and O–H groups in total. The highest BCUT2D eigenvalue weighted by atomic mass is 32.2. The minimum atomic E-state index is -3.32. The maximum atomic E-state index is 11.4. The maximum absolute atomic E-state index is 11.4. The Morgan fingerprint density at radius 1 is 1.22 bits per heavy atom. The van der Waals surface area contributed by atoms with Crippen molar-refractivity contribution in [1.82, 2.24) is 14.4 Å². The van der Waals surface area contributed by atoms with E-state index in [4.69, 9.17) is 0 Å². The van der Waals surface area contributed by atoms with Gasteiger partial charge in [-0.25, -0.2) is 14.4 Å². The topological polar surface area (TPSA) is 83.1 Å². The molecule has 126 valence electrons. The Morgan fingerprint density at radius 2 is 1.96 bits per heavy atom. The zero-order valence-corrected chi connectivity index (χ0v) is 14.7. The summed E-state index contributed by atoms with van der Waals surface area (Å²) in [7, 11) is -1.90. The van der Waals surface area contributed by atoms with Gasteiger partial charge in [0.05, 0.1) is 10.2 Å². The van der Waals surface area contributed by atoms with Gasteiger partial charge in [-0.3, -0.25) is 0 Å². The number of para-hydroxylation sites is 1. The van der Waals surface area contributed by atoms with Crippen molar-refractivity contribution in [3.05, 3.63) is 24.3 Å². The van der Waals surface area contributed by atoms with Gasteiger partial charge in [0.15, 0.2) is 5.13 Å². The first-order chi connectivity index (χ1) is 11.1. The van der Waals surface area contributed by atoms with Crippen LogP contribution in [0.3, 0.4) is 0 Å². The largest absolute Gasteiger partial charge is 0.359 e. The van der Waals surface area contributed by atoms with Crippen LogP contribution in [0.1, 0.15) is 25.7 Å². The van der Waals surface area contributed by atoms with Gasteiger partial charge in [-0.2, -0.15) is 8.42 Å². The second-order valence-corrected chi connectivity index (χ2v) is 8.64. The van der Waals surface area contributed by atoms with E-state index in [1.807, 2.05) is 18.2 Å². The molecule has 1 aromatic carbocycles. The predicted molar refractivity (Wildman–Crippen MR) is 95.0 cm³/mol. The maximum Gasteiger partial charge on any atom is 0.276 e. The highest BCUT2D eigenvalue weighted by Crippen LogP contribution is 2.30. The average Bonchev–Trinajstić information content (AvgIpc) is 2.96. The minimum Gasteiger partial charge on any atom is -0.359 e. The molecule has 0 saturated heterocycles. The first-order valence-corrected chi connectivity index (χ1v) is 10.2. The summed E-state index contributed by atoms with van der Waals surface area (Å²) in [4.78, 5) is 4.61. The fourth-order valence-corrected chi connectivity index (χ4v) is 4.46. The molecule has 2 aromatic rings. The number of benzene rings is 1. The molecule has 0 aliphatic heterocycles. The van der Waals surface area contributed by atoms with Crippen molar-refractivity contribution in [2.45, 2.75) is 31.7 Å². The van der Waals surface area contributed by atoms with Gasteiger partial charge in [-0.05, 0) is 43.7 Å². The lowest BCUT2D eigenvalue weighted by molar-refractivity contribution is 0.337. The summed E-state index contributed by atoms with van der Waals surface area (Å²) < 4.78 is 28.8. The van der Waals surface area contributed by atoms with Crippen molar-refractivity contribution in [3.8, 4) is 0 Å². The Balaban J connectivity index is 1.49. The van der Waals surface area contributed by atoms with Gasteiger partial charge in [0, 0.05) is 19.6 Å². The number of rotatable bonds is 6. The number of nitrogens with one attached hydrogen (secondary N) is 3. The molecule has 0 atom stereocenters. The second-order valence-electron chi connectivity index (χ2n) is 5.90. The van der Waals surface area contributed by atoms with Gasteiger partial charge in [-0.1, -0.05) is 23.5 Å². The third-order valence-corrected chi connectivity index (χ3v) is 6.35. The van der Waals surface area contributed by atoms with Crippen LogP contribution in [-0.4, -0.2) is 33.0 Å². The normalized spacial score (nSPS) is 22.3. The molecule has 23 heavy (non-hydrogen) atoms. The first-order valence-electron chi connectivity index (χ1n) is 7.86. The monoisotopic (exact) mass is 354 g/mol. The molecule has 0 bridgehead atoms. The number of anilines is 1. The van der Waals surface area contributed by atoms with Crippen molar-refractivity contribution in [3.63, 3.8) is 0 Å². The number of nitrogens with zero attached hydrogens (tertiary/aromatic N) is 1. The molecule has 0 radical (unpaired) electrons. The van der Waals surface area contributed by atoms with E-state index < -0.39 is 10.2 Å². The lowest BCUT2D eigenvalue weighted by Crippen LogP contribution is -2.38. The zero-order valence-electron chi connectivity index (χ0n) is 13.1. The predicted octanol–water partition coefficient (Wildman–Crippen LogP) is 2.32. The smallest absolute Gasteiger partial charge is 0.276 e. The molecule has 1 aliphatic carbocycles. The molecule has 1 aromatic heterocycles. The molecule has 0 spiro atoms. The Hall–Kier alpha value is -1.22. The molecule has 1 heterocycles. The lowest BCUT2D eigenvalue weighted by atomic mass is 9.86. The summed E-state index contributed by atoms with van der Waals surface area (Å²) in [5, 5.41) is 4.51. The van der Waals surface area contributed by atoms with Crippen LogP contribution in [0.15, 0.2) is 24.3 Å². The van der Waals surface area contributed by atoms with Gasteiger partial charge in [0.1, 0.15) is 0 Å². The minimum absolute atomic E-state index is 0.409. The number of thiazole rings is 1. The Labute approximate surface area is 140 Å². The van der Waals surface area contributed by atoms with E-state index in [0.717, 1.165) is 36.3 Å². The van der Waals surface area contributed by atoms with Crippen LogP contribution in [0.5, 0.6) is 0 Å². The quantitative estimate of drug-likeness (QED) is 0.743. The fraction of sp³-hybridized carbons (Fsp3) is 0.533. The van der Waals surface area contributed by atoms with Crippen LogP contribution >= 0.6 is 11.3 Å². The highest BCUT2D eigenvalue weighted by Gasteiger charge is 2.23. The zero-order chi connectivity index (χ0) is 16.3. The number of fused-ring (bicyclic) bond motifs is 1. The standard InChI is InChI=1S/C15H22N4O2S2/c1-16-23(20,21)17-10-11-6-8-12(9-7-11)18-15-19-13-4-2-3-5-14(13)22-15/h2-5,11-12,16-17H,6-10H2,1H3,(H,18,19). The van der Waals surface area contributed by atoms with E-state index in [1.54, 1.807) is 11.3 Å². The van der Waals surface area contributed by atoms with E-state index >= 15 is 0 Å². The fourth-order valence-electron chi connectivity index (χ4n) is 2.92. The molecule has 1 saturated carbocycles. The summed E-state index contributed by atoms with van der Waals surface area (Å²) in [6.07, 6.45) is 4.13. The van der Waals surface area contributed by atoms with Gasteiger partial charge in [0.2, 0.25) is 0 Å². The third kappa shape index (κ3) is 4.41. The van der Waals surface area contributed by atoms with Gasteiger partial charge in [0.25, 0.3) is 10.2 Å². The van der Waals surface area contributed by atoms with Crippen molar-refractivity contribution < 1.29 is 8.42 Å². The molecule has 8 heteroatoms. The summed E-state index contributed by atoms with van der Waals surface area (Å²) in [6.45, 7) is 0.511. The Bertz CT molecular complexity index is 719. The van der Waals surface area contributed by atoms with Crippen LogP contribution in [0.4, 0.5) is 5.13 Å². The van der Waals surface area contributed by atoms with Gasteiger partial charge >= 0.3 is 0 Å². The van der Waals surface area contributed by atoms with Crippen molar-refractivity contribution in [2.75, 3.05) is 18.9 Å². The molecule has 0 amide bonds. The number of hydrogen-bond donors (Lipinski definition) is 3. The van der Waals surface area contributed by atoms with E-state index in [1.165, 1.54) is 11.7 Å². The second kappa shape index (κ2) is 7.12. The van der Waals surface area contributed by atoms with E-state index in [9.17, 15) is 8.42 Å². The van der Waals surface area contributed by atoms with E-state index in [2.05, 4.69) is 25.8 Å². The van der Waals surface area contributed by atoms with Crippen molar-refractivity contribution in [1.29, 1.82) is 0 Å². The molecule has 1 aliphatic rings. The van der Waals surface area contributed by atoms with E-state index in [-0.39, 0.29) is 0 Å². The van der Waals surface area contributed by atoms with Crippen molar-refractivity contribution >= 4 is 36.9 Å². The van der Waals surface area contributed by atoms with Gasteiger partial charge < -0.3 is 5.32 Å². The van der Waals surface area contributed by atoms with Gasteiger partial charge in [-0.15, -0.1) is 0 Å². The summed E-state index contributed by atoms with van der Waals surface area (Å²) in [6, 6.07) is 8.57. The summed E-state index contributed by atoms with van der Waals surface area (Å²) in [5.41, 5.74) is 1.04. The lowest BCUT2D eigenvalue weighted by Gasteiger charge is -2.29. The molecule has 6 nitrogen and oxygen atoms in total. The number of hydrogen-bond acceptors (Lipinski definition) is 5. The number of aromatic nitrogens is 1. The van der Waals surface area contributed by atoms with Crippen LogP contribution in [-0.2, 0) is 10.2 Å². The van der Waals surface area contributed by atoms with Crippen LogP contribution in [0.2, 0.25) is 0 Å². The molecule has 3 rings (SSSR count). The molecule has 0 unspecified atom stereocenters. The SMILES string of the molecule is CNS(=O)(=O)NCC1CCC(Nc2nc3ccccc3s2)CC1. The third-order valence-electron chi connectivity index (χ3n) is 4.30. The summed E-state index contributed by atoms with van der Waals surface area (Å²) >= 11 is 1.69. The molecular formula is C15H22N4O2S2. The average molecular weight is 355 g/mol. The summed E-state index contributed by atoms with van der Waals surface area (Å²) in [5.74, 6) is 0.409. The van der Waals surface area contributed by atoms with E-state index in [0.29, 0.717) is 18.5 Å². The van der Waals surface area contributed by atoms with Crippen LogP contribution < -0.4 is 14.8 Å².